The smallest absolute Gasteiger partial charge is 0.258 e. The Morgan fingerprint density at radius 3 is 2.59 bits per heavy atom. The molecule has 0 radical (unpaired) electrons. The molecule has 0 amide bonds. The molecule has 7 heteroatoms. The van der Waals surface area contributed by atoms with E-state index >= 15 is 0 Å². The topological polar surface area (TPSA) is 55.0 Å². The Kier molecular flexibility index (Phi) is 7.34. The number of halogens is 1. The highest BCUT2D eigenvalue weighted by atomic mass is 79.9. The highest BCUT2D eigenvalue weighted by molar-refractivity contribution is 9.10. The van der Waals surface area contributed by atoms with Gasteiger partial charge in [0, 0.05) is 16.3 Å². The zero-order valence-corrected chi connectivity index (χ0v) is 21.6. The summed E-state index contributed by atoms with van der Waals surface area (Å²) in [6.45, 7) is 12.5. The monoisotopic (exact) mass is 496 g/mol. The van der Waals surface area contributed by atoms with Crippen LogP contribution in [-0.2, 0) is 10.2 Å². The second-order valence-corrected chi connectivity index (χ2v) is 16.7. The molecule has 0 aliphatic heterocycles. The van der Waals surface area contributed by atoms with Crippen molar-refractivity contribution in [3.8, 4) is 0 Å². The normalized spacial score (nSPS) is 20.9. The molecule has 0 spiro atoms. The third-order valence-electron chi connectivity index (χ3n) is 6.45. The number of fused-ring (bicyclic) bond motifs is 1. The summed E-state index contributed by atoms with van der Waals surface area (Å²) < 4.78 is 7.38. The number of nitrogens with zero attached hydrogens (tertiary/aromatic N) is 1. The Hall–Kier alpha value is -0.633. The Balaban J connectivity index is 1.49. The van der Waals surface area contributed by atoms with Crippen LogP contribution in [0.2, 0.25) is 18.1 Å². The van der Waals surface area contributed by atoms with Crippen LogP contribution in [0.15, 0.2) is 27.5 Å². The second-order valence-electron chi connectivity index (χ2n) is 9.70. The van der Waals surface area contributed by atoms with Gasteiger partial charge in [-0.3, -0.25) is 4.79 Å². The number of H-pyrrole nitrogens is 1. The van der Waals surface area contributed by atoms with Crippen LogP contribution in [0, 0.1) is 5.92 Å². The van der Waals surface area contributed by atoms with E-state index in [2.05, 4.69) is 59.8 Å². The molecular formula is C22H33BrN2O2SSi. The van der Waals surface area contributed by atoms with Gasteiger partial charge in [0.05, 0.1) is 16.7 Å². The lowest BCUT2D eigenvalue weighted by Gasteiger charge is -2.38. The summed E-state index contributed by atoms with van der Waals surface area (Å²) >= 11 is 5.38. The summed E-state index contributed by atoms with van der Waals surface area (Å²) in [6.07, 6.45) is 4.92. The predicted octanol–water partition coefficient (Wildman–Crippen LogP) is 6.50. The Morgan fingerprint density at radius 2 is 1.93 bits per heavy atom. The van der Waals surface area contributed by atoms with Crippen LogP contribution >= 0.6 is 27.7 Å². The molecule has 3 rings (SSSR count). The molecule has 1 aromatic carbocycles. The number of aromatic amines is 1. The summed E-state index contributed by atoms with van der Waals surface area (Å²) in [4.78, 5) is 19.9. The minimum atomic E-state index is -1.65. The van der Waals surface area contributed by atoms with Crippen LogP contribution < -0.4 is 5.56 Å². The van der Waals surface area contributed by atoms with Gasteiger partial charge in [0.2, 0.25) is 0 Å². The third-order valence-corrected chi connectivity index (χ3v) is 12.8. The molecular weight excluding hydrogens is 464 g/mol. The van der Waals surface area contributed by atoms with Crippen LogP contribution in [0.3, 0.4) is 0 Å². The zero-order valence-electron chi connectivity index (χ0n) is 18.2. The van der Waals surface area contributed by atoms with Crippen LogP contribution in [0.25, 0.3) is 10.9 Å². The van der Waals surface area contributed by atoms with E-state index in [0.717, 1.165) is 28.2 Å². The Labute approximate surface area is 187 Å². The lowest BCUT2D eigenvalue weighted by molar-refractivity contribution is 0.195. The molecule has 4 nitrogen and oxygen atoms in total. The van der Waals surface area contributed by atoms with E-state index < -0.39 is 8.32 Å². The molecule has 160 valence electrons. The maximum Gasteiger partial charge on any atom is 0.258 e. The molecule has 1 aliphatic carbocycles. The van der Waals surface area contributed by atoms with Crippen molar-refractivity contribution < 1.29 is 4.43 Å². The number of nitrogens with one attached hydrogen (secondary N) is 1. The molecule has 2 aromatic rings. The summed E-state index contributed by atoms with van der Waals surface area (Å²) in [7, 11) is -1.65. The summed E-state index contributed by atoms with van der Waals surface area (Å²) in [5.41, 5.74) is 0.704. The lowest BCUT2D eigenvalue weighted by Crippen LogP contribution is -2.42. The van der Waals surface area contributed by atoms with Crippen molar-refractivity contribution in [1.29, 1.82) is 0 Å². The van der Waals surface area contributed by atoms with Gasteiger partial charge >= 0.3 is 0 Å². The largest absolute Gasteiger partial charge is 0.417 e. The van der Waals surface area contributed by atoms with Crippen molar-refractivity contribution in [2.45, 2.75) is 75.6 Å². The van der Waals surface area contributed by atoms with Gasteiger partial charge in [-0.2, -0.15) is 11.8 Å². The van der Waals surface area contributed by atoms with E-state index in [1.807, 2.05) is 30.0 Å². The molecule has 29 heavy (non-hydrogen) atoms. The number of hydrogen-bond donors (Lipinski definition) is 1. The van der Waals surface area contributed by atoms with Crippen molar-refractivity contribution in [2.75, 3.05) is 6.61 Å². The standard InChI is InChI=1S/C22H33BrN2O2SSi/c1-22(2,3)29(4,5)27-13-15-6-9-17(10-7-15)28-14-20-24-19-12-16(23)8-11-18(19)21(26)25-20/h8,11-12,15,17H,6-7,9-10,13-14H2,1-5H3,(H,24,25,26). The van der Waals surface area contributed by atoms with Gasteiger partial charge in [0.15, 0.2) is 8.32 Å². The van der Waals surface area contributed by atoms with Crippen LogP contribution in [0.1, 0.15) is 52.3 Å². The molecule has 0 saturated heterocycles. The maximum atomic E-state index is 12.3. The molecule has 1 fully saturated rings. The number of benzene rings is 1. The first kappa shape index (κ1) is 23.0. The highest BCUT2D eigenvalue weighted by Crippen LogP contribution is 2.38. The lowest BCUT2D eigenvalue weighted by atomic mass is 9.90. The quantitative estimate of drug-likeness (QED) is 0.463. The number of rotatable bonds is 6. The van der Waals surface area contributed by atoms with E-state index in [9.17, 15) is 4.79 Å². The van der Waals surface area contributed by atoms with Crippen molar-refractivity contribution in [3.63, 3.8) is 0 Å². The zero-order chi connectivity index (χ0) is 21.2. The van der Waals surface area contributed by atoms with Crippen molar-refractivity contribution in [3.05, 3.63) is 38.9 Å². The van der Waals surface area contributed by atoms with Crippen molar-refractivity contribution in [2.24, 2.45) is 5.92 Å². The second kappa shape index (κ2) is 9.24. The first-order valence-electron chi connectivity index (χ1n) is 10.5. The minimum absolute atomic E-state index is 0.0513. The van der Waals surface area contributed by atoms with Gasteiger partial charge in [0.1, 0.15) is 5.82 Å². The van der Waals surface area contributed by atoms with Gasteiger partial charge in [-0.1, -0.05) is 36.7 Å². The van der Waals surface area contributed by atoms with Gasteiger partial charge in [0.25, 0.3) is 5.56 Å². The Bertz CT molecular complexity index is 902. The van der Waals surface area contributed by atoms with E-state index in [1.165, 1.54) is 25.7 Å². The summed E-state index contributed by atoms with van der Waals surface area (Å²) in [6, 6.07) is 5.60. The SMILES string of the molecule is CC(C)(C)[Si](C)(C)OCC1CCC(SCc2nc3cc(Br)ccc3c(=O)[nH]2)CC1. The number of aromatic nitrogens is 2. The average molecular weight is 498 g/mol. The average Bonchev–Trinajstić information content (AvgIpc) is 2.64. The molecule has 1 N–H and O–H groups in total. The van der Waals surface area contributed by atoms with Crippen LogP contribution in [-0.4, -0.2) is 30.1 Å². The first-order chi connectivity index (χ1) is 13.5. The maximum absolute atomic E-state index is 12.3. The third kappa shape index (κ3) is 5.96. The predicted molar refractivity (Wildman–Crippen MR) is 130 cm³/mol. The molecule has 0 unspecified atom stereocenters. The van der Waals surface area contributed by atoms with E-state index in [4.69, 9.17) is 4.43 Å². The molecule has 0 atom stereocenters. The summed E-state index contributed by atoms with van der Waals surface area (Å²) in [5, 5.41) is 1.56. The van der Waals surface area contributed by atoms with Crippen molar-refractivity contribution >= 4 is 46.9 Å². The van der Waals surface area contributed by atoms with Gasteiger partial charge in [-0.25, -0.2) is 4.98 Å². The van der Waals surface area contributed by atoms with Gasteiger partial charge < -0.3 is 9.41 Å². The minimum Gasteiger partial charge on any atom is -0.417 e. The molecule has 1 saturated carbocycles. The fourth-order valence-corrected chi connectivity index (χ4v) is 6.00. The van der Waals surface area contributed by atoms with E-state index in [1.54, 1.807) is 0 Å². The van der Waals surface area contributed by atoms with Crippen molar-refractivity contribution in [1.82, 2.24) is 9.97 Å². The highest BCUT2D eigenvalue weighted by Gasteiger charge is 2.37. The molecule has 1 aliphatic rings. The van der Waals surface area contributed by atoms with E-state index in [-0.39, 0.29) is 10.6 Å². The van der Waals surface area contributed by atoms with Crippen LogP contribution in [0.4, 0.5) is 0 Å². The number of hydrogen-bond acceptors (Lipinski definition) is 4. The van der Waals surface area contributed by atoms with Gasteiger partial charge in [-0.05, 0) is 67.9 Å². The molecule has 0 bridgehead atoms. The van der Waals surface area contributed by atoms with Gasteiger partial charge in [-0.15, -0.1) is 0 Å². The molecule has 1 heterocycles. The first-order valence-corrected chi connectivity index (χ1v) is 15.2. The fourth-order valence-electron chi connectivity index (χ4n) is 3.43. The molecule has 1 aromatic heterocycles. The van der Waals surface area contributed by atoms with E-state index in [0.29, 0.717) is 16.6 Å². The fraction of sp³-hybridized carbons (Fsp3) is 0.636. The number of thioether (sulfide) groups is 1. The Morgan fingerprint density at radius 1 is 1.24 bits per heavy atom. The van der Waals surface area contributed by atoms with Crippen LogP contribution in [0.5, 0.6) is 0 Å². The summed E-state index contributed by atoms with van der Waals surface area (Å²) in [5.74, 6) is 2.22.